The van der Waals surface area contributed by atoms with Crippen molar-refractivity contribution in [2.24, 2.45) is 11.3 Å². The lowest BCUT2D eigenvalue weighted by Gasteiger charge is -2.63. The lowest BCUT2D eigenvalue weighted by molar-refractivity contribution is -0.319. The number of sulfonamides is 1. The Morgan fingerprint density at radius 1 is 1.00 bits per heavy atom. The number of amides is 1. The SMILES string of the molecule is CS(=O)(=O)Oc1ccc(S(=O)(=O)Nc2cc(C(F)(F)F)ccc2C(=O)NC2CC3(C(F)(F)F)CCC23)cc1. The van der Waals surface area contributed by atoms with E-state index < -0.39 is 77.5 Å². The van der Waals surface area contributed by atoms with Crippen molar-refractivity contribution in [1.29, 1.82) is 0 Å². The van der Waals surface area contributed by atoms with E-state index in [9.17, 15) is 48.0 Å². The predicted octanol–water partition coefficient (Wildman–Crippen LogP) is 4.31. The number of carbonyl (C=O) groups excluding carboxylic acids is 1. The molecule has 3 unspecified atom stereocenters. The molecule has 2 aromatic carbocycles. The molecule has 8 nitrogen and oxygen atoms in total. The first-order valence-corrected chi connectivity index (χ1v) is 14.2. The molecule has 0 bridgehead atoms. The smallest absolute Gasteiger partial charge is 0.383 e. The Morgan fingerprint density at radius 3 is 2.11 bits per heavy atom. The number of fused-ring (bicyclic) bond motifs is 1. The number of hydrogen-bond acceptors (Lipinski definition) is 6. The molecule has 0 radical (unpaired) electrons. The summed E-state index contributed by atoms with van der Waals surface area (Å²) in [4.78, 5) is 12.4. The molecule has 208 valence electrons. The van der Waals surface area contributed by atoms with Gasteiger partial charge in [0.15, 0.2) is 0 Å². The van der Waals surface area contributed by atoms with Crippen LogP contribution in [-0.4, -0.2) is 41.2 Å². The van der Waals surface area contributed by atoms with Crippen molar-refractivity contribution in [3.05, 3.63) is 53.6 Å². The summed E-state index contributed by atoms with van der Waals surface area (Å²) in [6.07, 6.45) is -8.82. The fourth-order valence-corrected chi connectivity index (χ4v) is 6.33. The van der Waals surface area contributed by atoms with Crippen LogP contribution in [0.2, 0.25) is 0 Å². The molecule has 0 aliphatic heterocycles. The summed E-state index contributed by atoms with van der Waals surface area (Å²) in [5.41, 5.74) is -4.43. The maximum absolute atomic E-state index is 13.4. The summed E-state index contributed by atoms with van der Waals surface area (Å²) >= 11 is 0. The largest absolute Gasteiger partial charge is 0.416 e. The summed E-state index contributed by atoms with van der Waals surface area (Å²) in [6, 6.07) is 4.67. The van der Waals surface area contributed by atoms with Crippen LogP contribution in [0.4, 0.5) is 32.0 Å². The Kier molecular flexibility index (Phi) is 6.66. The minimum atomic E-state index is -4.90. The molecule has 0 spiro atoms. The topological polar surface area (TPSA) is 119 Å². The molecule has 0 heterocycles. The van der Waals surface area contributed by atoms with E-state index in [0.717, 1.165) is 36.6 Å². The second-order valence-electron chi connectivity index (χ2n) is 9.21. The van der Waals surface area contributed by atoms with Crippen LogP contribution in [-0.2, 0) is 26.3 Å². The van der Waals surface area contributed by atoms with Gasteiger partial charge >= 0.3 is 22.5 Å². The summed E-state index contributed by atoms with van der Waals surface area (Å²) < 4.78 is 135. The van der Waals surface area contributed by atoms with Crippen LogP contribution < -0.4 is 14.2 Å². The van der Waals surface area contributed by atoms with E-state index in [1.807, 2.05) is 4.72 Å². The summed E-state index contributed by atoms with van der Waals surface area (Å²) in [7, 11) is -8.51. The highest BCUT2D eigenvalue weighted by Crippen LogP contribution is 2.68. The number of nitrogens with one attached hydrogen (secondary N) is 2. The van der Waals surface area contributed by atoms with Crippen molar-refractivity contribution < 1.29 is 52.2 Å². The molecule has 1 amide bonds. The number of benzene rings is 2. The zero-order chi connectivity index (χ0) is 28.3. The second kappa shape index (κ2) is 9.03. The van der Waals surface area contributed by atoms with Crippen molar-refractivity contribution in [3.63, 3.8) is 0 Å². The Bertz CT molecular complexity index is 1470. The Hall–Kier alpha value is -3.01. The summed E-state index contributed by atoms with van der Waals surface area (Å²) in [5.74, 6) is -2.13. The normalized spacial score (nSPS) is 23.4. The number of carbonyl (C=O) groups is 1. The van der Waals surface area contributed by atoms with E-state index in [-0.39, 0.29) is 25.0 Å². The van der Waals surface area contributed by atoms with Gasteiger partial charge in [-0.2, -0.15) is 34.8 Å². The van der Waals surface area contributed by atoms with Gasteiger partial charge in [0, 0.05) is 6.04 Å². The number of halogens is 6. The summed E-state index contributed by atoms with van der Waals surface area (Å²) in [6.45, 7) is 0. The van der Waals surface area contributed by atoms with Gasteiger partial charge in [0.25, 0.3) is 15.9 Å². The van der Waals surface area contributed by atoms with Crippen molar-refractivity contribution in [3.8, 4) is 5.75 Å². The van der Waals surface area contributed by atoms with Crippen LogP contribution in [0.15, 0.2) is 47.4 Å². The Balaban J connectivity index is 1.59. The molecule has 2 saturated carbocycles. The molecule has 2 aliphatic rings. The Labute approximate surface area is 213 Å². The van der Waals surface area contributed by atoms with Crippen LogP contribution in [0, 0.1) is 11.3 Å². The molecular formula is C22H20F6N2O6S2. The van der Waals surface area contributed by atoms with Gasteiger partial charge in [0.2, 0.25) is 0 Å². The highest BCUT2D eigenvalue weighted by Gasteiger charge is 2.72. The number of anilines is 1. The first-order valence-electron chi connectivity index (χ1n) is 10.9. The molecule has 0 saturated heterocycles. The van der Waals surface area contributed by atoms with E-state index in [0.29, 0.717) is 12.1 Å². The lowest BCUT2D eigenvalue weighted by atomic mass is 9.44. The number of rotatable bonds is 7. The quantitative estimate of drug-likeness (QED) is 0.369. The monoisotopic (exact) mass is 586 g/mol. The van der Waals surface area contributed by atoms with Crippen molar-refractivity contribution in [1.82, 2.24) is 5.32 Å². The number of hydrogen-bond donors (Lipinski definition) is 2. The molecule has 2 N–H and O–H groups in total. The maximum atomic E-state index is 13.4. The van der Waals surface area contributed by atoms with Crippen LogP contribution in [0.5, 0.6) is 5.75 Å². The van der Waals surface area contributed by atoms with E-state index >= 15 is 0 Å². The molecule has 16 heteroatoms. The van der Waals surface area contributed by atoms with Gasteiger partial charge in [-0.3, -0.25) is 9.52 Å². The summed E-state index contributed by atoms with van der Waals surface area (Å²) in [5, 5.41) is 2.39. The molecule has 2 aliphatic carbocycles. The van der Waals surface area contributed by atoms with Crippen LogP contribution in [0.3, 0.4) is 0 Å². The van der Waals surface area contributed by atoms with E-state index in [4.69, 9.17) is 0 Å². The van der Waals surface area contributed by atoms with Crippen molar-refractivity contribution in [2.45, 2.75) is 42.6 Å². The van der Waals surface area contributed by atoms with Gasteiger partial charge in [0.05, 0.1) is 33.4 Å². The zero-order valence-electron chi connectivity index (χ0n) is 19.4. The van der Waals surface area contributed by atoms with Gasteiger partial charge in [-0.1, -0.05) is 0 Å². The fraction of sp³-hybridized carbons (Fsp3) is 0.409. The molecule has 4 rings (SSSR count). The average molecular weight is 587 g/mol. The first kappa shape index (κ1) is 28.0. The molecule has 0 aromatic heterocycles. The number of alkyl halides is 6. The molecule has 3 atom stereocenters. The van der Waals surface area contributed by atoms with Crippen LogP contribution in [0.1, 0.15) is 35.2 Å². The third kappa shape index (κ3) is 5.28. The lowest BCUT2D eigenvalue weighted by Crippen LogP contribution is -2.69. The molecule has 38 heavy (non-hydrogen) atoms. The minimum Gasteiger partial charge on any atom is -0.383 e. The third-order valence-electron chi connectivity index (χ3n) is 6.78. The van der Waals surface area contributed by atoms with E-state index in [1.165, 1.54) is 0 Å². The Morgan fingerprint density at radius 2 is 1.63 bits per heavy atom. The second-order valence-corrected chi connectivity index (χ2v) is 12.5. The van der Waals surface area contributed by atoms with Gasteiger partial charge in [-0.05, 0) is 67.6 Å². The van der Waals surface area contributed by atoms with Gasteiger partial charge in [-0.25, -0.2) is 8.42 Å². The predicted molar refractivity (Wildman–Crippen MR) is 121 cm³/mol. The maximum Gasteiger partial charge on any atom is 0.416 e. The first-order chi connectivity index (χ1) is 17.3. The van der Waals surface area contributed by atoms with Crippen molar-refractivity contribution in [2.75, 3.05) is 11.0 Å². The van der Waals surface area contributed by atoms with Crippen molar-refractivity contribution >= 4 is 31.7 Å². The van der Waals surface area contributed by atoms with Gasteiger partial charge in [0.1, 0.15) is 5.75 Å². The highest BCUT2D eigenvalue weighted by molar-refractivity contribution is 7.92. The third-order valence-corrected chi connectivity index (χ3v) is 8.66. The highest BCUT2D eigenvalue weighted by atomic mass is 32.2. The standard InChI is InChI=1S/C22H20F6N2O6S2/c1-37(32,33)36-13-3-5-14(6-4-13)38(34,35)30-17-10-12(21(23,24)25)2-7-15(17)19(31)29-18-11-20(22(26,27)28)9-8-16(18)20/h2-7,10,16,18,30H,8-9,11H2,1H3,(H,29,31). The van der Waals surface area contributed by atoms with Gasteiger partial charge in [-0.15, -0.1) is 0 Å². The van der Waals surface area contributed by atoms with Crippen LogP contribution >= 0.6 is 0 Å². The zero-order valence-corrected chi connectivity index (χ0v) is 21.0. The van der Waals surface area contributed by atoms with E-state index in [1.54, 1.807) is 0 Å². The average Bonchev–Trinajstić information content (AvgIpc) is 2.74. The molecule has 2 fully saturated rings. The van der Waals surface area contributed by atoms with Gasteiger partial charge < -0.3 is 9.50 Å². The minimum absolute atomic E-state index is 0.0765. The van der Waals surface area contributed by atoms with E-state index in [2.05, 4.69) is 9.50 Å². The fourth-order valence-electron chi connectivity index (χ4n) is 4.79. The molecular weight excluding hydrogens is 566 g/mol. The molecule has 2 aromatic rings. The van der Waals surface area contributed by atoms with Crippen LogP contribution in [0.25, 0.3) is 0 Å².